The fourth-order valence-corrected chi connectivity index (χ4v) is 2.03. The molecule has 0 spiro atoms. The summed E-state index contributed by atoms with van der Waals surface area (Å²) in [5.41, 5.74) is 2.11. The van der Waals surface area contributed by atoms with Crippen LogP contribution in [-0.2, 0) is 0 Å². The van der Waals surface area contributed by atoms with Gasteiger partial charge in [0.2, 0.25) is 0 Å². The number of methoxy groups -OCH3 is 1. The van der Waals surface area contributed by atoms with E-state index in [2.05, 4.69) is 28.3 Å². The van der Waals surface area contributed by atoms with E-state index in [1.807, 2.05) is 13.0 Å². The minimum atomic E-state index is 0.574. The molecule has 0 bridgehead atoms. The SMILES string of the molecule is CCCNc1cc(-c2cc(C#N)ccc2OC)nc(C)n1. The molecule has 0 aliphatic carbocycles. The van der Waals surface area contributed by atoms with Crippen LogP contribution in [-0.4, -0.2) is 23.6 Å². The molecule has 0 saturated carbocycles. The second-order valence-corrected chi connectivity index (χ2v) is 4.64. The average Bonchev–Trinajstić information content (AvgIpc) is 2.51. The monoisotopic (exact) mass is 282 g/mol. The van der Waals surface area contributed by atoms with E-state index < -0.39 is 0 Å². The highest BCUT2D eigenvalue weighted by atomic mass is 16.5. The van der Waals surface area contributed by atoms with Crippen LogP contribution >= 0.6 is 0 Å². The van der Waals surface area contributed by atoms with Crippen molar-refractivity contribution in [2.75, 3.05) is 19.0 Å². The maximum Gasteiger partial charge on any atom is 0.130 e. The molecule has 0 aliphatic rings. The summed E-state index contributed by atoms with van der Waals surface area (Å²) in [6.45, 7) is 4.80. The first-order valence-electron chi connectivity index (χ1n) is 6.86. The Labute approximate surface area is 124 Å². The van der Waals surface area contributed by atoms with Crippen molar-refractivity contribution in [2.45, 2.75) is 20.3 Å². The molecule has 1 aromatic heterocycles. The van der Waals surface area contributed by atoms with E-state index in [9.17, 15) is 0 Å². The zero-order valence-electron chi connectivity index (χ0n) is 12.5. The summed E-state index contributed by atoms with van der Waals surface area (Å²) >= 11 is 0. The lowest BCUT2D eigenvalue weighted by Crippen LogP contribution is -2.04. The summed E-state index contributed by atoms with van der Waals surface area (Å²) in [5.74, 6) is 2.15. The molecule has 5 nitrogen and oxygen atoms in total. The number of nitrogens with one attached hydrogen (secondary N) is 1. The Balaban J connectivity index is 2.50. The van der Waals surface area contributed by atoms with E-state index in [1.165, 1.54) is 0 Å². The molecule has 0 amide bonds. The Morgan fingerprint density at radius 1 is 1.29 bits per heavy atom. The van der Waals surface area contributed by atoms with Crippen molar-refractivity contribution in [3.05, 3.63) is 35.7 Å². The van der Waals surface area contributed by atoms with Crippen molar-refractivity contribution >= 4 is 5.82 Å². The van der Waals surface area contributed by atoms with Crippen LogP contribution in [0.4, 0.5) is 5.82 Å². The van der Waals surface area contributed by atoms with Crippen LogP contribution in [0.1, 0.15) is 24.7 Å². The maximum absolute atomic E-state index is 9.06. The number of ether oxygens (including phenoxy) is 1. The summed E-state index contributed by atoms with van der Waals surface area (Å²) in [5, 5.41) is 12.3. The van der Waals surface area contributed by atoms with E-state index >= 15 is 0 Å². The third kappa shape index (κ3) is 3.48. The van der Waals surface area contributed by atoms with Crippen molar-refractivity contribution in [1.29, 1.82) is 5.26 Å². The zero-order valence-corrected chi connectivity index (χ0v) is 12.5. The predicted molar refractivity (Wildman–Crippen MR) is 82.3 cm³/mol. The normalized spacial score (nSPS) is 10.0. The van der Waals surface area contributed by atoms with Crippen LogP contribution in [0.15, 0.2) is 24.3 Å². The van der Waals surface area contributed by atoms with Crippen LogP contribution in [0.2, 0.25) is 0 Å². The molecule has 2 rings (SSSR count). The topological polar surface area (TPSA) is 70.8 Å². The Kier molecular flexibility index (Phi) is 4.72. The van der Waals surface area contributed by atoms with Gasteiger partial charge in [0.05, 0.1) is 24.4 Å². The molecule has 0 fully saturated rings. The van der Waals surface area contributed by atoms with Crippen molar-refractivity contribution in [3.63, 3.8) is 0 Å². The van der Waals surface area contributed by atoms with Crippen LogP contribution < -0.4 is 10.1 Å². The third-order valence-corrected chi connectivity index (χ3v) is 3.00. The standard InChI is InChI=1S/C16H18N4O/c1-4-7-18-16-9-14(19-11(2)20-16)13-8-12(10-17)5-6-15(13)21-3/h5-6,8-9H,4,7H2,1-3H3,(H,18,19,20). The highest BCUT2D eigenvalue weighted by Gasteiger charge is 2.11. The number of hydrogen-bond donors (Lipinski definition) is 1. The summed E-state index contributed by atoms with van der Waals surface area (Å²) in [6, 6.07) is 9.31. The number of benzene rings is 1. The van der Waals surface area contributed by atoms with Crippen molar-refractivity contribution in [3.8, 4) is 23.1 Å². The fourth-order valence-electron chi connectivity index (χ4n) is 2.03. The molecule has 0 saturated heterocycles. The van der Waals surface area contributed by atoms with Crippen LogP contribution in [0.5, 0.6) is 5.75 Å². The highest BCUT2D eigenvalue weighted by Crippen LogP contribution is 2.30. The maximum atomic E-state index is 9.06. The van der Waals surface area contributed by atoms with Crippen molar-refractivity contribution in [2.24, 2.45) is 0 Å². The molecule has 21 heavy (non-hydrogen) atoms. The van der Waals surface area contributed by atoms with Gasteiger partial charge < -0.3 is 10.1 Å². The summed E-state index contributed by atoms with van der Waals surface area (Å²) in [6.07, 6.45) is 1.02. The first-order valence-corrected chi connectivity index (χ1v) is 6.86. The van der Waals surface area contributed by atoms with E-state index in [4.69, 9.17) is 10.00 Å². The number of aromatic nitrogens is 2. The van der Waals surface area contributed by atoms with Gasteiger partial charge in [0, 0.05) is 18.2 Å². The number of nitriles is 1. The Hall–Kier alpha value is -2.61. The quantitative estimate of drug-likeness (QED) is 0.912. The van der Waals surface area contributed by atoms with Crippen molar-refractivity contribution in [1.82, 2.24) is 9.97 Å². The Morgan fingerprint density at radius 3 is 2.76 bits per heavy atom. The van der Waals surface area contributed by atoms with Gasteiger partial charge in [0.15, 0.2) is 0 Å². The molecule has 1 N–H and O–H groups in total. The summed E-state index contributed by atoms with van der Waals surface area (Å²) < 4.78 is 5.37. The summed E-state index contributed by atoms with van der Waals surface area (Å²) in [4.78, 5) is 8.82. The van der Waals surface area contributed by atoms with Gasteiger partial charge in [-0.05, 0) is 31.5 Å². The van der Waals surface area contributed by atoms with Gasteiger partial charge in [-0.3, -0.25) is 0 Å². The number of nitrogens with zero attached hydrogens (tertiary/aromatic N) is 3. The van der Waals surface area contributed by atoms with E-state index in [0.29, 0.717) is 17.1 Å². The molecule has 2 aromatic rings. The minimum Gasteiger partial charge on any atom is -0.496 e. The van der Waals surface area contributed by atoms with Crippen LogP contribution in [0.25, 0.3) is 11.3 Å². The van der Waals surface area contributed by atoms with E-state index in [-0.39, 0.29) is 0 Å². The third-order valence-electron chi connectivity index (χ3n) is 3.00. The number of hydrogen-bond acceptors (Lipinski definition) is 5. The van der Waals surface area contributed by atoms with Gasteiger partial charge in [-0.1, -0.05) is 6.92 Å². The lowest BCUT2D eigenvalue weighted by Gasteiger charge is -2.11. The fraction of sp³-hybridized carbons (Fsp3) is 0.312. The largest absolute Gasteiger partial charge is 0.496 e. The molecule has 0 atom stereocenters. The smallest absolute Gasteiger partial charge is 0.130 e. The number of aryl methyl sites for hydroxylation is 1. The zero-order chi connectivity index (χ0) is 15.2. The second kappa shape index (κ2) is 6.71. The molecule has 1 heterocycles. The molecule has 108 valence electrons. The summed E-state index contributed by atoms with van der Waals surface area (Å²) in [7, 11) is 1.61. The molecular formula is C16H18N4O. The van der Waals surface area contributed by atoms with E-state index in [1.54, 1.807) is 25.3 Å². The lowest BCUT2D eigenvalue weighted by atomic mass is 10.1. The molecular weight excluding hydrogens is 264 g/mol. The number of rotatable bonds is 5. The molecule has 0 unspecified atom stereocenters. The average molecular weight is 282 g/mol. The molecule has 5 heteroatoms. The Morgan fingerprint density at radius 2 is 2.10 bits per heavy atom. The van der Waals surface area contributed by atoms with Gasteiger partial charge in [0.25, 0.3) is 0 Å². The molecule has 1 aromatic carbocycles. The minimum absolute atomic E-state index is 0.574. The molecule has 0 radical (unpaired) electrons. The van der Waals surface area contributed by atoms with Crippen LogP contribution in [0.3, 0.4) is 0 Å². The Bertz CT molecular complexity index is 676. The predicted octanol–water partition coefficient (Wildman–Crippen LogP) is 3.15. The van der Waals surface area contributed by atoms with Gasteiger partial charge in [-0.25, -0.2) is 9.97 Å². The number of anilines is 1. The highest BCUT2D eigenvalue weighted by molar-refractivity contribution is 5.71. The molecule has 0 aliphatic heterocycles. The van der Waals surface area contributed by atoms with Gasteiger partial charge >= 0.3 is 0 Å². The lowest BCUT2D eigenvalue weighted by molar-refractivity contribution is 0.416. The second-order valence-electron chi connectivity index (χ2n) is 4.64. The van der Waals surface area contributed by atoms with Gasteiger partial charge in [-0.15, -0.1) is 0 Å². The first kappa shape index (κ1) is 14.8. The van der Waals surface area contributed by atoms with Crippen LogP contribution in [0, 0.1) is 18.3 Å². The van der Waals surface area contributed by atoms with Gasteiger partial charge in [-0.2, -0.15) is 5.26 Å². The van der Waals surface area contributed by atoms with Gasteiger partial charge in [0.1, 0.15) is 17.4 Å². The van der Waals surface area contributed by atoms with Crippen molar-refractivity contribution < 1.29 is 4.74 Å². The van der Waals surface area contributed by atoms with E-state index in [0.717, 1.165) is 30.0 Å². The first-order chi connectivity index (χ1) is 10.2.